The summed E-state index contributed by atoms with van der Waals surface area (Å²) in [5.74, 6) is -0.315. The number of anilines is 1. The molecule has 0 bridgehead atoms. The Hall–Kier alpha value is -3.46. The molecule has 0 N–H and O–H groups in total. The topological polar surface area (TPSA) is 37.4 Å². The highest BCUT2D eigenvalue weighted by molar-refractivity contribution is 6.40. The summed E-state index contributed by atoms with van der Waals surface area (Å²) in [5, 5.41) is 2.62. The van der Waals surface area contributed by atoms with Gasteiger partial charge >= 0.3 is 0 Å². The van der Waals surface area contributed by atoms with Crippen LogP contribution in [0.15, 0.2) is 17.7 Å². The second-order valence-corrected chi connectivity index (χ2v) is 11.0. The molecule has 0 fully saturated rings. The van der Waals surface area contributed by atoms with Gasteiger partial charge in [-0.15, -0.1) is 0 Å². The lowest BCUT2D eigenvalue weighted by molar-refractivity contribution is 0.0988. The molecule has 0 saturated carbocycles. The summed E-state index contributed by atoms with van der Waals surface area (Å²) in [6.45, 7) is 21.1. The van der Waals surface area contributed by atoms with E-state index in [1.54, 1.807) is 6.08 Å². The molecule has 37 heavy (non-hydrogen) atoms. The fourth-order valence-electron chi connectivity index (χ4n) is 6.45. The van der Waals surface area contributed by atoms with Gasteiger partial charge in [0.05, 0.1) is 5.57 Å². The van der Waals surface area contributed by atoms with E-state index in [0.29, 0.717) is 11.1 Å². The quantitative estimate of drug-likeness (QED) is 0.274. The van der Waals surface area contributed by atoms with Crippen LogP contribution in [0.3, 0.4) is 0 Å². The molecule has 1 aliphatic carbocycles. The molecule has 0 radical (unpaired) electrons. The van der Waals surface area contributed by atoms with Crippen LogP contribution < -0.4 is 4.90 Å². The molecule has 0 unspecified atom stereocenters. The molecule has 3 aromatic rings. The second-order valence-electron chi connectivity index (χ2n) is 11.0. The molecule has 0 heterocycles. The number of nitrogens with zero attached hydrogens (tertiary/aromatic N) is 1. The van der Waals surface area contributed by atoms with Crippen LogP contribution in [0.4, 0.5) is 5.69 Å². The Morgan fingerprint density at radius 2 is 0.973 bits per heavy atom. The fourth-order valence-corrected chi connectivity index (χ4v) is 6.45. The van der Waals surface area contributed by atoms with E-state index in [-0.39, 0.29) is 17.1 Å². The number of ketones is 2. The molecule has 3 heteroatoms. The van der Waals surface area contributed by atoms with E-state index in [4.69, 9.17) is 0 Å². The van der Waals surface area contributed by atoms with Crippen molar-refractivity contribution in [3.8, 4) is 0 Å². The zero-order valence-electron chi connectivity index (χ0n) is 24.5. The third-order valence-electron chi connectivity index (χ3n) is 9.00. The van der Waals surface area contributed by atoms with E-state index in [9.17, 15) is 9.59 Å². The van der Waals surface area contributed by atoms with Gasteiger partial charge in [-0.25, -0.2) is 0 Å². The van der Waals surface area contributed by atoms with Crippen LogP contribution in [0.25, 0.3) is 16.8 Å². The van der Waals surface area contributed by atoms with Crippen LogP contribution in [0.5, 0.6) is 0 Å². The van der Waals surface area contributed by atoms with E-state index in [1.807, 2.05) is 33.8 Å². The maximum atomic E-state index is 13.3. The lowest BCUT2D eigenvalue weighted by Gasteiger charge is -2.26. The van der Waals surface area contributed by atoms with Crippen molar-refractivity contribution in [3.63, 3.8) is 0 Å². The lowest BCUT2D eigenvalue weighted by atomic mass is 9.84. The minimum absolute atomic E-state index is 0.158. The van der Waals surface area contributed by atoms with Gasteiger partial charge in [-0.05, 0) is 147 Å². The summed E-state index contributed by atoms with van der Waals surface area (Å²) >= 11 is 0. The average Bonchev–Trinajstić information content (AvgIpc) is 3.08. The number of rotatable bonds is 3. The van der Waals surface area contributed by atoms with Crippen molar-refractivity contribution in [2.45, 2.75) is 69.2 Å². The number of carbonyl (C=O) groups excluding carboxylic acids is 2. The summed E-state index contributed by atoms with van der Waals surface area (Å²) in [6.07, 6.45) is 5.66. The van der Waals surface area contributed by atoms with E-state index < -0.39 is 0 Å². The van der Waals surface area contributed by atoms with E-state index in [1.165, 1.54) is 49.8 Å². The number of hydrogen-bond acceptors (Lipinski definition) is 3. The molecular formula is C34H39NO2. The smallest absolute Gasteiger partial charge is 0.198 e. The van der Waals surface area contributed by atoms with Gasteiger partial charge in [0.1, 0.15) is 0 Å². The zero-order chi connectivity index (χ0) is 27.7. The molecule has 1 aliphatic rings. The van der Waals surface area contributed by atoms with Gasteiger partial charge in [0, 0.05) is 30.9 Å². The van der Waals surface area contributed by atoms with Crippen LogP contribution >= 0.6 is 0 Å². The Morgan fingerprint density at radius 1 is 0.514 bits per heavy atom. The van der Waals surface area contributed by atoms with Gasteiger partial charge in [0.15, 0.2) is 11.6 Å². The lowest BCUT2D eigenvalue weighted by Crippen LogP contribution is -2.14. The standard InChI is InChI=1S/C34H39NO2/c1-16-17(2)20(5)31-30(19(16)4)33(36)27(34(31)37)15-13-14-26-18(3)21(6)29-25(10)32(35(11)12)23(8)22(7)28(29)24(26)9/h13-15H,1-12H3/b14-13+. The van der Waals surface area contributed by atoms with Gasteiger partial charge in [0.2, 0.25) is 0 Å². The number of Topliss-reactive ketones (excluding diaryl/α,β-unsaturated/α-hetero) is 2. The first-order valence-electron chi connectivity index (χ1n) is 13.0. The molecule has 0 aliphatic heterocycles. The van der Waals surface area contributed by atoms with Crippen LogP contribution in [0.2, 0.25) is 0 Å². The summed E-state index contributed by atoms with van der Waals surface area (Å²) in [4.78, 5) is 28.9. The second kappa shape index (κ2) is 9.13. The van der Waals surface area contributed by atoms with Crippen LogP contribution in [-0.4, -0.2) is 25.7 Å². The van der Waals surface area contributed by atoms with Crippen molar-refractivity contribution in [2.75, 3.05) is 19.0 Å². The zero-order valence-corrected chi connectivity index (χ0v) is 24.5. The highest BCUT2D eigenvalue weighted by Crippen LogP contribution is 2.41. The number of benzene rings is 3. The average molecular weight is 494 g/mol. The van der Waals surface area contributed by atoms with E-state index in [2.05, 4.69) is 66.6 Å². The number of hydrogen-bond donors (Lipinski definition) is 0. The number of fused-ring (bicyclic) bond motifs is 2. The van der Waals surface area contributed by atoms with Crippen molar-refractivity contribution in [1.82, 2.24) is 0 Å². The predicted octanol–water partition coefficient (Wildman–Crippen LogP) is 8.01. The monoisotopic (exact) mass is 493 g/mol. The minimum Gasteiger partial charge on any atom is -0.377 e. The minimum atomic E-state index is -0.158. The van der Waals surface area contributed by atoms with Crippen LogP contribution in [0.1, 0.15) is 81.9 Å². The number of carbonyl (C=O) groups is 2. The van der Waals surface area contributed by atoms with Gasteiger partial charge < -0.3 is 4.90 Å². The van der Waals surface area contributed by atoms with Crippen LogP contribution in [-0.2, 0) is 0 Å². The molecular weight excluding hydrogens is 454 g/mol. The van der Waals surface area contributed by atoms with Crippen molar-refractivity contribution in [1.29, 1.82) is 0 Å². The van der Waals surface area contributed by atoms with Gasteiger partial charge in [-0.2, -0.15) is 0 Å². The number of aryl methyl sites for hydroxylation is 4. The summed E-state index contributed by atoms with van der Waals surface area (Å²) < 4.78 is 0. The fraction of sp³-hybridized carbons (Fsp3) is 0.353. The molecule has 192 valence electrons. The largest absolute Gasteiger partial charge is 0.377 e. The van der Waals surface area contributed by atoms with E-state index >= 15 is 0 Å². The van der Waals surface area contributed by atoms with Crippen molar-refractivity contribution in [2.24, 2.45) is 0 Å². The Labute approximate surface area is 221 Å². The molecule has 4 rings (SSSR count). The molecule has 0 atom stereocenters. The normalized spacial score (nSPS) is 13.4. The first-order valence-corrected chi connectivity index (χ1v) is 13.0. The van der Waals surface area contributed by atoms with Gasteiger partial charge in [-0.1, -0.05) is 12.2 Å². The first kappa shape index (κ1) is 26.6. The molecule has 0 spiro atoms. The van der Waals surface area contributed by atoms with Crippen molar-refractivity contribution < 1.29 is 9.59 Å². The van der Waals surface area contributed by atoms with E-state index in [0.717, 1.165) is 27.8 Å². The van der Waals surface area contributed by atoms with Crippen molar-refractivity contribution >= 4 is 34.1 Å². The predicted molar refractivity (Wildman–Crippen MR) is 158 cm³/mol. The Morgan fingerprint density at radius 3 is 1.46 bits per heavy atom. The first-order chi connectivity index (χ1) is 17.2. The Bertz CT molecular complexity index is 1560. The summed E-state index contributed by atoms with van der Waals surface area (Å²) in [5.41, 5.74) is 15.5. The Balaban J connectivity index is 1.88. The molecule has 3 nitrogen and oxygen atoms in total. The number of allylic oxidation sites excluding steroid dienone is 3. The Kier molecular flexibility index (Phi) is 6.56. The third-order valence-corrected chi connectivity index (χ3v) is 9.00. The third kappa shape index (κ3) is 3.70. The van der Waals surface area contributed by atoms with Crippen LogP contribution in [0, 0.1) is 69.2 Å². The highest BCUT2D eigenvalue weighted by atomic mass is 16.2. The highest BCUT2D eigenvalue weighted by Gasteiger charge is 2.36. The maximum absolute atomic E-state index is 13.3. The molecule has 0 saturated heterocycles. The SMILES string of the molecule is Cc1c(C)c(C)c2c(c1C)C(=O)C(=C/C=C/c1c(C)c(C)c3c(C)c(N(C)C)c(C)c(C)c3c1C)C2=O. The molecule has 0 aromatic heterocycles. The molecule has 3 aromatic carbocycles. The summed E-state index contributed by atoms with van der Waals surface area (Å²) in [7, 11) is 4.21. The van der Waals surface area contributed by atoms with Gasteiger partial charge in [-0.3, -0.25) is 9.59 Å². The maximum Gasteiger partial charge on any atom is 0.198 e. The molecule has 0 amide bonds. The van der Waals surface area contributed by atoms with Crippen molar-refractivity contribution in [3.05, 3.63) is 90.1 Å². The summed E-state index contributed by atoms with van der Waals surface area (Å²) in [6, 6.07) is 0. The van der Waals surface area contributed by atoms with Gasteiger partial charge in [0.25, 0.3) is 0 Å².